The third kappa shape index (κ3) is 3.99. The Morgan fingerprint density at radius 3 is 1.96 bits per heavy atom. The first-order valence-electron chi connectivity index (χ1n) is 15.0. The van der Waals surface area contributed by atoms with Gasteiger partial charge in [-0.15, -0.1) is 0 Å². The van der Waals surface area contributed by atoms with E-state index in [1.807, 2.05) is 42.5 Å². The van der Waals surface area contributed by atoms with Gasteiger partial charge in [-0.05, 0) is 76.2 Å². The fraction of sp³-hybridized carbons (Fsp3) is 0. The molecule has 0 aliphatic carbocycles. The SMILES string of the molecule is [C-]#[N+]c1ccc2c3cc(-c4ccc(-c5cc6nc7ccccc7nc6c6ccccc56)cc4)ccc3n(-c3ccccc3)c2c1. The van der Waals surface area contributed by atoms with Crippen LogP contribution in [0, 0.1) is 6.57 Å². The highest BCUT2D eigenvalue weighted by atomic mass is 15.0. The van der Waals surface area contributed by atoms with Crippen LogP contribution in [0.25, 0.3) is 87.4 Å². The molecule has 0 radical (unpaired) electrons. The summed E-state index contributed by atoms with van der Waals surface area (Å²) in [6.45, 7) is 7.58. The van der Waals surface area contributed by atoms with Crippen molar-refractivity contribution in [3.05, 3.63) is 157 Å². The average Bonchev–Trinajstić information content (AvgIpc) is 3.43. The first-order chi connectivity index (χ1) is 22.2. The quantitative estimate of drug-likeness (QED) is 0.120. The van der Waals surface area contributed by atoms with Crippen molar-refractivity contribution in [3.63, 3.8) is 0 Å². The van der Waals surface area contributed by atoms with Crippen LogP contribution in [0.5, 0.6) is 0 Å². The first kappa shape index (κ1) is 25.2. The number of rotatable bonds is 3. The molecule has 0 atom stereocenters. The van der Waals surface area contributed by atoms with E-state index < -0.39 is 0 Å². The van der Waals surface area contributed by atoms with Gasteiger partial charge < -0.3 is 4.57 Å². The van der Waals surface area contributed by atoms with Gasteiger partial charge in [0.2, 0.25) is 0 Å². The van der Waals surface area contributed by atoms with Gasteiger partial charge in [-0.25, -0.2) is 14.8 Å². The van der Waals surface area contributed by atoms with E-state index in [9.17, 15) is 0 Å². The Kier molecular flexibility index (Phi) is 5.53. The van der Waals surface area contributed by atoms with Gasteiger partial charge in [-0.3, -0.25) is 0 Å². The molecule has 2 aromatic heterocycles. The number of para-hydroxylation sites is 3. The minimum absolute atomic E-state index is 0.638. The van der Waals surface area contributed by atoms with Gasteiger partial charge in [0.05, 0.1) is 34.2 Å². The molecule has 208 valence electrons. The third-order valence-corrected chi connectivity index (χ3v) is 8.77. The minimum atomic E-state index is 0.638. The van der Waals surface area contributed by atoms with Gasteiger partial charge in [0.1, 0.15) is 0 Å². The van der Waals surface area contributed by atoms with Crippen LogP contribution in [0.15, 0.2) is 146 Å². The van der Waals surface area contributed by atoms with Crippen LogP contribution in [0.1, 0.15) is 0 Å². The molecule has 4 nitrogen and oxygen atoms in total. The zero-order valence-electron chi connectivity index (χ0n) is 24.1. The number of hydrogen-bond donors (Lipinski definition) is 0. The fourth-order valence-electron chi connectivity index (χ4n) is 6.65. The third-order valence-electron chi connectivity index (χ3n) is 8.77. The van der Waals surface area contributed by atoms with Crippen molar-refractivity contribution in [2.24, 2.45) is 0 Å². The van der Waals surface area contributed by atoms with Crippen LogP contribution in [0.2, 0.25) is 0 Å². The summed E-state index contributed by atoms with van der Waals surface area (Å²) in [5, 5.41) is 4.57. The highest BCUT2D eigenvalue weighted by Gasteiger charge is 2.15. The predicted octanol–water partition coefficient (Wildman–Crippen LogP) is 10.9. The molecule has 0 unspecified atom stereocenters. The van der Waals surface area contributed by atoms with E-state index in [0.29, 0.717) is 5.69 Å². The summed E-state index contributed by atoms with van der Waals surface area (Å²) in [6, 6.07) is 50.5. The molecule has 7 aromatic carbocycles. The maximum atomic E-state index is 7.58. The van der Waals surface area contributed by atoms with E-state index in [2.05, 4.69) is 113 Å². The van der Waals surface area contributed by atoms with E-state index in [0.717, 1.165) is 77.2 Å². The number of nitrogens with zero attached hydrogens (tertiary/aromatic N) is 4. The molecule has 0 N–H and O–H groups in total. The first-order valence-corrected chi connectivity index (χ1v) is 15.0. The van der Waals surface area contributed by atoms with Gasteiger partial charge in [0, 0.05) is 27.4 Å². The Labute approximate surface area is 259 Å². The Morgan fingerprint density at radius 2 is 1.16 bits per heavy atom. The molecule has 45 heavy (non-hydrogen) atoms. The lowest BCUT2D eigenvalue weighted by Gasteiger charge is -2.12. The monoisotopic (exact) mass is 572 g/mol. The molecule has 0 aliphatic rings. The van der Waals surface area contributed by atoms with Gasteiger partial charge in [0.15, 0.2) is 5.69 Å². The average molecular weight is 573 g/mol. The molecular weight excluding hydrogens is 548 g/mol. The molecule has 0 spiro atoms. The van der Waals surface area contributed by atoms with Crippen LogP contribution in [-0.4, -0.2) is 14.5 Å². The second-order valence-electron chi connectivity index (χ2n) is 11.3. The van der Waals surface area contributed by atoms with Crippen molar-refractivity contribution in [3.8, 4) is 27.9 Å². The van der Waals surface area contributed by atoms with Crippen molar-refractivity contribution in [1.82, 2.24) is 14.5 Å². The molecule has 2 heterocycles. The normalized spacial score (nSPS) is 11.5. The second kappa shape index (κ2) is 9.87. The number of fused-ring (bicyclic) bond motifs is 7. The van der Waals surface area contributed by atoms with E-state index in [1.165, 1.54) is 5.39 Å². The zero-order chi connectivity index (χ0) is 29.9. The molecule has 9 aromatic rings. The summed E-state index contributed by atoms with van der Waals surface area (Å²) in [5.74, 6) is 0. The summed E-state index contributed by atoms with van der Waals surface area (Å²) >= 11 is 0. The predicted molar refractivity (Wildman–Crippen MR) is 186 cm³/mol. The molecule has 9 rings (SSSR count). The largest absolute Gasteiger partial charge is 0.311 e. The van der Waals surface area contributed by atoms with Crippen LogP contribution in [-0.2, 0) is 0 Å². The lowest BCUT2D eigenvalue weighted by Crippen LogP contribution is -1.93. The lowest BCUT2D eigenvalue weighted by molar-refractivity contribution is 1.18. The molecule has 0 amide bonds. The molecule has 0 bridgehead atoms. The van der Waals surface area contributed by atoms with E-state index in [1.54, 1.807) is 0 Å². The highest BCUT2D eigenvalue weighted by molar-refractivity contribution is 6.13. The van der Waals surface area contributed by atoms with Crippen LogP contribution in [0.4, 0.5) is 5.69 Å². The van der Waals surface area contributed by atoms with Gasteiger partial charge >= 0.3 is 0 Å². The Hall–Kier alpha value is -6.31. The smallest absolute Gasteiger partial charge is 0.189 e. The Morgan fingerprint density at radius 1 is 0.467 bits per heavy atom. The van der Waals surface area contributed by atoms with Crippen LogP contribution < -0.4 is 0 Å². The maximum Gasteiger partial charge on any atom is 0.189 e. The number of aromatic nitrogens is 3. The summed E-state index contributed by atoms with van der Waals surface area (Å²) < 4.78 is 2.25. The molecule has 0 saturated heterocycles. The summed E-state index contributed by atoms with van der Waals surface area (Å²) in [5.41, 5.74) is 12.1. The Balaban J connectivity index is 1.18. The number of hydrogen-bond acceptors (Lipinski definition) is 2. The van der Waals surface area contributed by atoms with Crippen molar-refractivity contribution in [2.45, 2.75) is 0 Å². The standard InChI is InChI=1S/C41H24N4/c1-42-29-20-21-32-35-23-28(19-22-39(35)45(40(32)24-29)30-9-3-2-4-10-30)26-15-17-27(18-16-26)34-25-38-41(33-12-6-5-11-31(33)34)44-37-14-8-7-13-36(37)43-38/h2-25H. The minimum Gasteiger partial charge on any atom is -0.311 e. The van der Waals surface area contributed by atoms with Crippen molar-refractivity contribution in [2.75, 3.05) is 0 Å². The maximum absolute atomic E-state index is 7.58. The van der Waals surface area contributed by atoms with Crippen LogP contribution >= 0.6 is 0 Å². The molecule has 4 heteroatoms. The molecule has 0 fully saturated rings. The van der Waals surface area contributed by atoms with Gasteiger partial charge in [0.25, 0.3) is 0 Å². The zero-order valence-corrected chi connectivity index (χ0v) is 24.1. The molecule has 0 aliphatic heterocycles. The van der Waals surface area contributed by atoms with Crippen LogP contribution in [0.3, 0.4) is 0 Å². The lowest BCUT2D eigenvalue weighted by atomic mass is 9.94. The van der Waals surface area contributed by atoms with E-state index in [-0.39, 0.29) is 0 Å². The summed E-state index contributed by atoms with van der Waals surface area (Å²) in [6.07, 6.45) is 0. The van der Waals surface area contributed by atoms with Crippen molar-refractivity contribution in [1.29, 1.82) is 0 Å². The van der Waals surface area contributed by atoms with Gasteiger partial charge in [-0.1, -0.05) is 97.1 Å². The molecular formula is C41H24N4. The summed E-state index contributed by atoms with van der Waals surface area (Å²) in [4.78, 5) is 13.7. The Bertz CT molecular complexity index is 2640. The van der Waals surface area contributed by atoms with E-state index >= 15 is 0 Å². The topological polar surface area (TPSA) is 35.1 Å². The summed E-state index contributed by atoms with van der Waals surface area (Å²) in [7, 11) is 0. The highest BCUT2D eigenvalue weighted by Crippen LogP contribution is 2.38. The van der Waals surface area contributed by atoms with Crippen molar-refractivity contribution >= 4 is 60.3 Å². The molecule has 0 saturated carbocycles. The van der Waals surface area contributed by atoms with Gasteiger partial charge in [-0.2, -0.15) is 0 Å². The van der Waals surface area contributed by atoms with E-state index in [4.69, 9.17) is 16.5 Å². The second-order valence-corrected chi connectivity index (χ2v) is 11.3. The van der Waals surface area contributed by atoms with Crippen molar-refractivity contribution < 1.29 is 0 Å². The fourth-order valence-corrected chi connectivity index (χ4v) is 6.65. The number of benzene rings is 7.